The first-order chi connectivity index (χ1) is 9.71. The van der Waals surface area contributed by atoms with Crippen molar-refractivity contribution in [2.24, 2.45) is 0 Å². The Labute approximate surface area is 141 Å². The number of hydrogen-bond acceptors (Lipinski definition) is 0. The molecule has 0 saturated carbocycles. The van der Waals surface area contributed by atoms with Gasteiger partial charge in [-0.2, -0.15) is 0 Å². The van der Waals surface area contributed by atoms with E-state index in [2.05, 4.69) is 94.5 Å². The first kappa shape index (κ1) is 18.8. The highest BCUT2D eigenvalue weighted by Crippen LogP contribution is 2.28. The highest BCUT2D eigenvalue weighted by Gasteiger charge is 2.23. The molecule has 0 unspecified atom stereocenters. The molecule has 1 aromatic carbocycles. The molecule has 122 valence electrons. The number of benzene rings is 1. The van der Waals surface area contributed by atoms with Crippen LogP contribution in [0.3, 0.4) is 0 Å². The lowest BCUT2D eigenvalue weighted by atomic mass is 9.92. The molecule has 0 spiro atoms. The van der Waals surface area contributed by atoms with Crippen molar-refractivity contribution in [1.29, 1.82) is 0 Å². The second kappa shape index (κ2) is 6.87. The fourth-order valence-electron chi connectivity index (χ4n) is 2.69. The molecule has 0 atom stereocenters. The maximum atomic E-state index is 2.29. The number of rotatable bonds is 3. The zero-order valence-corrected chi connectivity index (χ0v) is 15.6. The monoisotopic (exact) mass is 320 g/mol. The second-order valence-corrected chi connectivity index (χ2v) is 7.49. The lowest BCUT2D eigenvalue weighted by Crippen LogP contribution is -3.00. The summed E-state index contributed by atoms with van der Waals surface area (Å²) < 4.78 is 4.56. The Morgan fingerprint density at radius 3 is 1.82 bits per heavy atom. The summed E-state index contributed by atoms with van der Waals surface area (Å²) in [5, 5.41) is 0. The molecule has 2 aromatic rings. The van der Waals surface area contributed by atoms with Gasteiger partial charge in [0.1, 0.15) is 23.6 Å². The molecule has 0 aliphatic carbocycles. The summed E-state index contributed by atoms with van der Waals surface area (Å²) in [6, 6.07) is 6.70. The van der Waals surface area contributed by atoms with E-state index in [-0.39, 0.29) is 17.9 Å². The smallest absolute Gasteiger partial charge is 0.249 e. The summed E-state index contributed by atoms with van der Waals surface area (Å²) in [7, 11) is 0. The molecule has 1 aromatic heterocycles. The fraction of sp³-hybridized carbons (Fsp3) is 0.526. The molecule has 2 nitrogen and oxygen atoms in total. The quantitative estimate of drug-likeness (QED) is 0.762. The average Bonchev–Trinajstić information content (AvgIpc) is 2.86. The van der Waals surface area contributed by atoms with Gasteiger partial charge in [0.25, 0.3) is 0 Å². The molecule has 2 rings (SSSR count). The van der Waals surface area contributed by atoms with Crippen LogP contribution in [0.1, 0.15) is 71.4 Å². The molecule has 0 fully saturated rings. The lowest BCUT2D eigenvalue weighted by Gasteiger charge is -2.17. The van der Waals surface area contributed by atoms with Crippen LogP contribution in [0.5, 0.6) is 0 Å². The van der Waals surface area contributed by atoms with E-state index >= 15 is 0 Å². The van der Waals surface area contributed by atoms with Gasteiger partial charge in [0.15, 0.2) is 0 Å². The lowest BCUT2D eigenvalue weighted by molar-refractivity contribution is -0.596. The van der Waals surface area contributed by atoms with Gasteiger partial charge in [-0.15, -0.1) is 0 Å². The highest BCUT2D eigenvalue weighted by molar-refractivity contribution is 5.45. The second-order valence-electron chi connectivity index (χ2n) is 7.49. The summed E-state index contributed by atoms with van der Waals surface area (Å²) in [5.41, 5.74) is 4.29. The highest BCUT2D eigenvalue weighted by atomic mass is 35.5. The number of aromatic nitrogens is 2. The predicted molar refractivity (Wildman–Crippen MR) is 89.1 cm³/mol. The van der Waals surface area contributed by atoms with E-state index in [4.69, 9.17) is 0 Å². The largest absolute Gasteiger partial charge is 1.00 e. The number of imidazole rings is 1. The Morgan fingerprint density at radius 2 is 1.45 bits per heavy atom. The Hall–Kier alpha value is -1.28. The minimum Gasteiger partial charge on any atom is -1.00 e. The topological polar surface area (TPSA) is 8.81 Å². The molecule has 1 heterocycles. The minimum absolute atomic E-state index is 0. The van der Waals surface area contributed by atoms with Crippen molar-refractivity contribution in [3.8, 4) is 5.69 Å². The van der Waals surface area contributed by atoms with E-state index < -0.39 is 0 Å². The van der Waals surface area contributed by atoms with Crippen LogP contribution in [0.25, 0.3) is 5.69 Å². The first-order valence-corrected chi connectivity index (χ1v) is 7.94. The number of nitrogens with zero attached hydrogens (tertiary/aromatic N) is 2. The molecule has 0 bridgehead atoms. The molecule has 0 amide bonds. The van der Waals surface area contributed by atoms with Crippen LogP contribution >= 0.6 is 0 Å². The van der Waals surface area contributed by atoms with Gasteiger partial charge in [-0.25, -0.2) is 9.13 Å². The number of para-hydroxylation sites is 1. The van der Waals surface area contributed by atoms with Gasteiger partial charge in [0.05, 0.1) is 0 Å². The van der Waals surface area contributed by atoms with E-state index in [1.54, 1.807) is 0 Å². The molecule has 3 heteroatoms. The fourth-order valence-corrected chi connectivity index (χ4v) is 2.69. The maximum absolute atomic E-state index is 2.29. The molecule has 22 heavy (non-hydrogen) atoms. The van der Waals surface area contributed by atoms with E-state index in [0.29, 0.717) is 11.8 Å². The zero-order valence-electron chi connectivity index (χ0n) is 14.9. The normalized spacial score (nSPS) is 11.9. The third-order valence-electron chi connectivity index (χ3n) is 4.01. The number of hydrogen-bond donors (Lipinski definition) is 0. The van der Waals surface area contributed by atoms with Crippen molar-refractivity contribution < 1.29 is 17.0 Å². The van der Waals surface area contributed by atoms with E-state index in [0.717, 1.165) is 0 Å². The van der Waals surface area contributed by atoms with Gasteiger partial charge in [-0.05, 0) is 32.6 Å². The molecule has 0 aliphatic heterocycles. The third kappa shape index (κ3) is 3.73. The van der Waals surface area contributed by atoms with Gasteiger partial charge in [-0.3, -0.25) is 0 Å². The maximum Gasteiger partial charge on any atom is 0.249 e. The van der Waals surface area contributed by atoms with Gasteiger partial charge in [-0.1, -0.05) is 45.9 Å². The Bertz CT molecular complexity index is 592. The summed E-state index contributed by atoms with van der Waals surface area (Å²) in [5.74, 6) is 1.04. The van der Waals surface area contributed by atoms with E-state index in [9.17, 15) is 0 Å². The van der Waals surface area contributed by atoms with Crippen LogP contribution in [-0.4, -0.2) is 4.57 Å². The number of halogens is 1. The minimum atomic E-state index is 0. The molecular weight excluding hydrogens is 292 g/mol. The predicted octanol–water partition coefficient (Wildman–Crippen LogP) is 1.77. The van der Waals surface area contributed by atoms with Crippen molar-refractivity contribution in [2.75, 3.05) is 0 Å². The van der Waals surface area contributed by atoms with Crippen LogP contribution in [0.2, 0.25) is 0 Å². The Morgan fingerprint density at radius 1 is 0.955 bits per heavy atom. The Balaban J connectivity index is 0.00000242. The Kier molecular flexibility index (Phi) is 5.86. The molecule has 0 aliphatic rings. The van der Waals surface area contributed by atoms with Crippen LogP contribution in [0.15, 0.2) is 36.9 Å². The van der Waals surface area contributed by atoms with Crippen LogP contribution in [0, 0.1) is 0 Å². The van der Waals surface area contributed by atoms with Gasteiger partial charge in [0.2, 0.25) is 6.33 Å². The SMILES string of the molecule is CC(C)c1cccc(C(C)C)c1-[n+]1ccn(C(C)(C)C)c1.[Cl-]. The standard InChI is InChI=1S/C19H29N2.ClH/c1-14(2)16-9-8-10-17(15(3)4)18(16)20-11-12-21(13-20)19(5,6)7;/h8-15H,1-7H3;1H/q+1;/p-1. The van der Waals surface area contributed by atoms with Crippen molar-refractivity contribution in [2.45, 2.75) is 65.8 Å². The molecule has 0 N–H and O–H groups in total. The molecular formula is C19H29ClN2. The average molecular weight is 321 g/mol. The van der Waals surface area contributed by atoms with E-state index in [1.807, 2.05) is 0 Å². The molecule has 0 saturated heterocycles. The van der Waals surface area contributed by atoms with Gasteiger partial charge in [0, 0.05) is 11.1 Å². The summed E-state index contributed by atoms with van der Waals surface area (Å²) in [6.07, 6.45) is 6.56. The van der Waals surface area contributed by atoms with Crippen LogP contribution < -0.4 is 17.0 Å². The third-order valence-corrected chi connectivity index (χ3v) is 4.01. The van der Waals surface area contributed by atoms with Gasteiger partial charge >= 0.3 is 0 Å². The van der Waals surface area contributed by atoms with Crippen LogP contribution in [0.4, 0.5) is 0 Å². The summed E-state index contributed by atoms with van der Waals surface area (Å²) in [4.78, 5) is 0. The van der Waals surface area contributed by atoms with Crippen molar-refractivity contribution in [3.63, 3.8) is 0 Å². The zero-order chi connectivity index (χ0) is 15.8. The van der Waals surface area contributed by atoms with E-state index in [1.165, 1.54) is 16.8 Å². The molecule has 0 radical (unpaired) electrons. The van der Waals surface area contributed by atoms with Crippen molar-refractivity contribution in [3.05, 3.63) is 48.0 Å². The van der Waals surface area contributed by atoms with Gasteiger partial charge < -0.3 is 12.4 Å². The van der Waals surface area contributed by atoms with Crippen molar-refractivity contribution >= 4 is 0 Å². The van der Waals surface area contributed by atoms with Crippen molar-refractivity contribution in [1.82, 2.24) is 4.57 Å². The van der Waals surface area contributed by atoms with Crippen LogP contribution in [-0.2, 0) is 5.54 Å². The summed E-state index contributed by atoms with van der Waals surface area (Å²) in [6.45, 7) is 15.8. The summed E-state index contributed by atoms with van der Waals surface area (Å²) >= 11 is 0. The first-order valence-electron chi connectivity index (χ1n) is 7.94.